The van der Waals surface area contributed by atoms with Gasteiger partial charge >= 0.3 is 0 Å². The number of aromatic nitrogens is 1. The first kappa shape index (κ1) is 8.87. The van der Waals surface area contributed by atoms with Crippen molar-refractivity contribution in [2.75, 3.05) is 6.54 Å². The topological polar surface area (TPSA) is 58.0 Å². The monoisotopic (exact) mass is 226 g/mol. The van der Waals surface area contributed by atoms with Crippen LogP contribution < -0.4 is 5.32 Å². The number of hydrogen-bond donors (Lipinski definition) is 2. The average Bonchev–Trinajstić information content (AvgIpc) is 2.90. The molecular formula is C13H10N2O2. The molecule has 0 fully saturated rings. The third-order valence-electron chi connectivity index (χ3n) is 3.37. The van der Waals surface area contributed by atoms with Crippen molar-refractivity contribution < 1.29 is 9.21 Å². The van der Waals surface area contributed by atoms with Gasteiger partial charge in [-0.1, -0.05) is 0 Å². The molecule has 1 aromatic carbocycles. The van der Waals surface area contributed by atoms with Gasteiger partial charge in [0.05, 0.1) is 11.8 Å². The van der Waals surface area contributed by atoms with Crippen LogP contribution in [0.15, 0.2) is 28.9 Å². The van der Waals surface area contributed by atoms with E-state index in [1.165, 1.54) is 0 Å². The lowest BCUT2D eigenvalue weighted by molar-refractivity contribution is 0.0942. The lowest BCUT2D eigenvalue weighted by atomic mass is 10.0. The van der Waals surface area contributed by atoms with Crippen molar-refractivity contribution in [3.8, 4) is 0 Å². The summed E-state index contributed by atoms with van der Waals surface area (Å²) in [4.78, 5) is 14.9. The number of aromatic amines is 1. The van der Waals surface area contributed by atoms with Gasteiger partial charge in [-0.15, -0.1) is 0 Å². The van der Waals surface area contributed by atoms with Crippen LogP contribution in [0.5, 0.6) is 0 Å². The van der Waals surface area contributed by atoms with E-state index in [9.17, 15) is 4.79 Å². The Morgan fingerprint density at radius 1 is 1.29 bits per heavy atom. The van der Waals surface area contributed by atoms with Gasteiger partial charge in [-0.2, -0.15) is 0 Å². The Balaban J connectivity index is 2.14. The second-order valence-electron chi connectivity index (χ2n) is 4.34. The summed E-state index contributed by atoms with van der Waals surface area (Å²) in [6.45, 7) is 0.711. The Hall–Kier alpha value is -2.23. The van der Waals surface area contributed by atoms with Crippen LogP contribution in [0.2, 0.25) is 0 Å². The number of nitrogens with one attached hydrogen (secondary N) is 2. The van der Waals surface area contributed by atoms with Gasteiger partial charge in [-0.3, -0.25) is 4.79 Å². The maximum Gasteiger partial charge on any atom is 0.268 e. The second kappa shape index (κ2) is 2.91. The molecule has 1 aliphatic rings. The molecule has 1 amide bonds. The van der Waals surface area contributed by atoms with Crippen LogP contribution in [0.1, 0.15) is 16.1 Å². The number of rotatable bonds is 0. The van der Waals surface area contributed by atoms with Gasteiger partial charge in [-0.05, 0) is 24.1 Å². The number of benzene rings is 1. The largest absolute Gasteiger partial charge is 0.464 e. The highest BCUT2D eigenvalue weighted by molar-refractivity contribution is 6.05. The number of carbonyl (C=O) groups is 1. The summed E-state index contributed by atoms with van der Waals surface area (Å²) in [6, 6.07) is 5.98. The Morgan fingerprint density at radius 2 is 2.24 bits per heavy atom. The average molecular weight is 226 g/mol. The summed E-state index contributed by atoms with van der Waals surface area (Å²) in [5, 5.41) is 5.04. The predicted molar refractivity (Wildman–Crippen MR) is 64.1 cm³/mol. The minimum Gasteiger partial charge on any atom is -0.464 e. The molecule has 3 aromatic rings. The third kappa shape index (κ3) is 1.09. The molecule has 4 nitrogen and oxygen atoms in total. The minimum atomic E-state index is -0.0148. The molecular weight excluding hydrogens is 216 g/mol. The van der Waals surface area contributed by atoms with Crippen molar-refractivity contribution >= 4 is 27.8 Å². The zero-order valence-electron chi connectivity index (χ0n) is 9.04. The van der Waals surface area contributed by atoms with Crippen LogP contribution in [-0.2, 0) is 6.42 Å². The van der Waals surface area contributed by atoms with Crippen molar-refractivity contribution in [2.45, 2.75) is 6.42 Å². The van der Waals surface area contributed by atoms with E-state index in [1.54, 1.807) is 6.26 Å². The van der Waals surface area contributed by atoms with Crippen molar-refractivity contribution in [3.63, 3.8) is 0 Å². The molecule has 4 heteroatoms. The molecule has 84 valence electrons. The van der Waals surface area contributed by atoms with Crippen molar-refractivity contribution in [2.24, 2.45) is 0 Å². The number of fused-ring (bicyclic) bond motifs is 4. The zero-order valence-corrected chi connectivity index (χ0v) is 9.04. The van der Waals surface area contributed by atoms with E-state index in [1.807, 2.05) is 12.1 Å². The zero-order chi connectivity index (χ0) is 11.4. The Morgan fingerprint density at radius 3 is 3.18 bits per heavy atom. The second-order valence-corrected chi connectivity index (χ2v) is 4.34. The molecule has 0 aliphatic carbocycles. The number of H-pyrrole nitrogens is 1. The molecule has 3 heterocycles. The van der Waals surface area contributed by atoms with Crippen LogP contribution in [0.3, 0.4) is 0 Å². The molecule has 0 saturated carbocycles. The molecule has 17 heavy (non-hydrogen) atoms. The molecule has 2 aromatic heterocycles. The van der Waals surface area contributed by atoms with Crippen molar-refractivity contribution in [1.29, 1.82) is 0 Å². The third-order valence-corrected chi connectivity index (χ3v) is 3.37. The Labute approximate surface area is 96.6 Å². The molecule has 1 aliphatic heterocycles. The van der Waals surface area contributed by atoms with Gasteiger partial charge in [0.1, 0.15) is 11.3 Å². The highest BCUT2D eigenvalue weighted by Gasteiger charge is 2.21. The van der Waals surface area contributed by atoms with E-state index in [2.05, 4.69) is 16.4 Å². The highest BCUT2D eigenvalue weighted by atomic mass is 16.3. The van der Waals surface area contributed by atoms with Crippen LogP contribution >= 0.6 is 0 Å². The molecule has 4 rings (SSSR count). The van der Waals surface area contributed by atoms with Crippen LogP contribution in [0, 0.1) is 0 Å². The first-order valence-electron chi connectivity index (χ1n) is 5.63. The minimum absolute atomic E-state index is 0.0148. The molecule has 0 radical (unpaired) electrons. The first-order valence-corrected chi connectivity index (χ1v) is 5.63. The quantitative estimate of drug-likeness (QED) is 0.617. The molecule has 0 atom stereocenters. The van der Waals surface area contributed by atoms with Crippen LogP contribution in [-0.4, -0.2) is 17.4 Å². The van der Waals surface area contributed by atoms with Crippen molar-refractivity contribution in [3.05, 3.63) is 35.7 Å². The molecule has 0 bridgehead atoms. The molecule has 0 spiro atoms. The van der Waals surface area contributed by atoms with Gasteiger partial charge < -0.3 is 14.7 Å². The first-order chi connectivity index (χ1) is 8.33. The predicted octanol–water partition coefficient (Wildman–Crippen LogP) is 2.20. The van der Waals surface area contributed by atoms with E-state index in [0.29, 0.717) is 12.2 Å². The van der Waals surface area contributed by atoms with Gasteiger partial charge in [0, 0.05) is 23.4 Å². The Bertz CT molecular complexity index is 751. The van der Waals surface area contributed by atoms with Gasteiger partial charge in [0.25, 0.3) is 5.91 Å². The summed E-state index contributed by atoms with van der Waals surface area (Å²) >= 11 is 0. The standard InChI is InChI=1S/C13H10N2O2/c16-13-12-8(1-3-14-13)9-5-7-2-4-17-11(7)6-10(9)15-12/h2,4-6,15H,1,3H2,(H,14,16). The fraction of sp³-hybridized carbons (Fsp3) is 0.154. The van der Waals surface area contributed by atoms with E-state index in [4.69, 9.17) is 4.42 Å². The number of amides is 1. The van der Waals surface area contributed by atoms with Crippen LogP contribution in [0.25, 0.3) is 21.9 Å². The molecule has 0 saturated heterocycles. The van der Waals surface area contributed by atoms with Crippen molar-refractivity contribution in [1.82, 2.24) is 10.3 Å². The van der Waals surface area contributed by atoms with Gasteiger partial charge in [-0.25, -0.2) is 0 Å². The summed E-state index contributed by atoms with van der Waals surface area (Å²) in [6.07, 6.45) is 2.56. The highest BCUT2D eigenvalue weighted by Crippen LogP contribution is 2.29. The van der Waals surface area contributed by atoms with E-state index >= 15 is 0 Å². The maximum absolute atomic E-state index is 11.7. The molecule has 2 N–H and O–H groups in total. The summed E-state index contributed by atoms with van der Waals surface area (Å²) < 4.78 is 5.36. The summed E-state index contributed by atoms with van der Waals surface area (Å²) in [7, 11) is 0. The molecule has 0 unspecified atom stereocenters. The number of furan rings is 1. The fourth-order valence-electron chi connectivity index (χ4n) is 2.55. The van der Waals surface area contributed by atoms with E-state index in [-0.39, 0.29) is 5.91 Å². The van der Waals surface area contributed by atoms with Gasteiger partial charge in [0.15, 0.2) is 0 Å². The summed E-state index contributed by atoms with van der Waals surface area (Å²) in [5.41, 5.74) is 3.62. The fourth-order valence-corrected chi connectivity index (χ4v) is 2.55. The Kier molecular flexibility index (Phi) is 1.52. The maximum atomic E-state index is 11.7. The number of carbonyl (C=O) groups excluding carboxylic acids is 1. The van der Waals surface area contributed by atoms with E-state index in [0.717, 1.165) is 33.9 Å². The van der Waals surface area contributed by atoms with E-state index < -0.39 is 0 Å². The number of hydrogen-bond acceptors (Lipinski definition) is 2. The lowest BCUT2D eigenvalue weighted by Gasteiger charge is -2.11. The van der Waals surface area contributed by atoms with Crippen LogP contribution in [0.4, 0.5) is 0 Å². The normalized spacial score (nSPS) is 15.2. The summed E-state index contributed by atoms with van der Waals surface area (Å²) in [5.74, 6) is -0.0148. The SMILES string of the molecule is O=C1NCCc2c1[nH]c1cc3occc3cc21. The van der Waals surface area contributed by atoms with Gasteiger partial charge in [0.2, 0.25) is 0 Å². The lowest BCUT2D eigenvalue weighted by Crippen LogP contribution is -2.31. The smallest absolute Gasteiger partial charge is 0.268 e.